The van der Waals surface area contributed by atoms with E-state index in [0.29, 0.717) is 24.6 Å². The Kier molecular flexibility index (Phi) is 6.72. The molecule has 2 rings (SSSR count). The van der Waals surface area contributed by atoms with E-state index in [2.05, 4.69) is 13.5 Å². The SMILES string of the molecule is C=CCOc1ccc(C(=O)N2CC(CN)CC2C)cc1.Cl. The van der Waals surface area contributed by atoms with E-state index in [9.17, 15) is 4.79 Å². The average molecular weight is 311 g/mol. The Balaban J connectivity index is 0.00000220. The van der Waals surface area contributed by atoms with Crippen molar-refractivity contribution in [3.63, 3.8) is 0 Å². The lowest BCUT2D eigenvalue weighted by Gasteiger charge is -2.21. The molecule has 1 aliphatic rings. The van der Waals surface area contributed by atoms with Crippen LogP contribution in [0.2, 0.25) is 0 Å². The predicted octanol–water partition coefficient (Wildman–Crippen LogP) is 2.48. The van der Waals surface area contributed by atoms with Crippen molar-refractivity contribution in [2.45, 2.75) is 19.4 Å². The fraction of sp³-hybridized carbons (Fsp3) is 0.438. The number of carbonyl (C=O) groups excluding carboxylic acids is 1. The van der Waals surface area contributed by atoms with Crippen molar-refractivity contribution in [2.75, 3.05) is 19.7 Å². The van der Waals surface area contributed by atoms with Gasteiger partial charge in [-0.25, -0.2) is 0 Å². The highest BCUT2D eigenvalue weighted by Gasteiger charge is 2.31. The number of rotatable bonds is 5. The zero-order valence-corrected chi connectivity index (χ0v) is 13.1. The van der Waals surface area contributed by atoms with Crippen molar-refractivity contribution in [2.24, 2.45) is 11.7 Å². The lowest BCUT2D eigenvalue weighted by molar-refractivity contribution is 0.0743. The molecule has 1 aromatic rings. The topological polar surface area (TPSA) is 55.6 Å². The summed E-state index contributed by atoms with van der Waals surface area (Å²) < 4.78 is 5.41. The molecule has 0 radical (unpaired) electrons. The number of halogens is 1. The van der Waals surface area contributed by atoms with Crippen LogP contribution in [0.3, 0.4) is 0 Å². The van der Waals surface area contributed by atoms with Crippen LogP contribution < -0.4 is 10.5 Å². The molecule has 2 unspecified atom stereocenters. The molecule has 5 heteroatoms. The van der Waals surface area contributed by atoms with Crippen molar-refractivity contribution in [3.8, 4) is 5.75 Å². The van der Waals surface area contributed by atoms with Gasteiger partial charge in [-0.3, -0.25) is 4.79 Å². The average Bonchev–Trinajstić information content (AvgIpc) is 2.86. The highest BCUT2D eigenvalue weighted by molar-refractivity contribution is 5.94. The molecule has 1 saturated heterocycles. The summed E-state index contributed by atoms with van der Waals surface area (Å²) in [5.74, 6) is 1.24. The minimum absolute atomic E-state index is 0. The molecule has 1 heterocycles. The molecule has 0 aromatic heterocycles. The number of nitrogens with zero attached hydrogens (tertiary/aromatic N) is 1. The molecule has 1 aromatic carbocycles. The Bertz CT molecular complexity index is 476. The molecule has 21 heavy (non-hydrogen) atoms. The zero-order valence-electron chi connectivity index (χ0n) is 12.3. The first-order valence-electron chi connectivity index (χ1n) is 7.00. The van der Waals surface area contributed by atoms with Crippen molar-refractivity contribution < 1.29 is 9.53 Å². The number of hydrogen-bond acceptors (Lipinski definition) is 3. The quantitative estimate of drug-likeness (QED) is 0.850. The summed E-state index contributed by atoms with van der Waals surface area (Å²) in [6.45, 7) is 7.54. The lowest BCUT2D eigenvalue weighted by Crippen LogP contribution is -2.34. The Morgan fingerprint density at radius 1 is 1.48 bits per heavy atom. The predicted molar refractivity (Wildman–Crippen MR) is 87.0 cm³/mol. The number of amides is 1. The third kappa shape index (κ3) is 4.22. The first-order valence-corrected chi connectivity index (χ1v) is 7.00. The van der Waals surface area contributed by atoms with Crippen LogP contribution in [0, 0.1) is 5.92 Å². The first kappa shape index (κ1) is 17.5. The molecule has 0 saturated carbocycles. The maximum absolute atomic E-state index is 12.5. The number of ether oxygens (including phenoxy) is 1. The maximum atomic E-state index is 12.5. The molecule has 1 aliphatic heterocycles. The molecular weight excluding hydrogens is 288 g/mol. The molecule has 116 valence electrons. The molecule has 0 aliphatic carbocycles. The molecule has 0 spiro atoms. The second-order valence-electron chi connectivity index (χ2n) is 5.27. The van der Waals surface area contributed by atoms with E-state index in [0.717, 1.165) is 18.7 Å². The van der Waals surface area contributed by atoms with Crippen LogP contribution >= 0.6 is 12.4 Å². The minimum atomic E-state index is 0. The maximum Gasteiger partial charge on any atom is 0.254 e. The third-order valence-electron chi connectivity index (χ3n) is 3.72. The number of nitrogens with two attached hydrogens (primary N) is 1. The van der Waals surface area contributed by atoms with Crippen molar-refractivity contribution in [1.29, 1.82) is 0 Å². The van der Waals surface area contributed by atoms with Gasteiger partial charge in [0, 0.05) is 18.2 Å². The number of likely N-dealkylation sites (tertiary alicyclic amines) is 1. The zero-order chi connectivity index (χ0) is 14.5. The Morgan fingerprint density at radius 2 is 2.14 bits per heavy atom. The summed E-state index contributed by atoms with van der Waals surface area (Å²) in [5, 5.41) is 0. The summed E-state index contributed by atoms with van der Waals surface area (Å²) in [6.07, 6.45) is 2.68. The molecular formula is C16H23ClN2O2. The van der Waals surface area contributed by atoms with E-state index in [1.165, 1.54) is 0 Å². The van der Waals surface area contributed by atoms with Gasteiger partial charge in [-0.2, -0.15) is 0 Å². The van der Waals surface area contributed by atoms with E-state index in [4.69, 9.17) is 10.5 Å². The molecule has 4 nitrogen and oxygen atoms in total. The van der Waals surface area contributed by atoms with E-state index >= 15 is 0 Å². The Hall–Kier alpha value is -1.52. The van der Waals surface area contributed by atoms with Gasteiger partial charge in [-0.15, -0.1) is 12.4 Å². The van der Waals surface area contributed by atoms with E-state index in [-0.39, 0.29) is 24.4 Å². The third-order valence-corrected chi connectivity index (χ3v) is 3.72. The smallest absolute Gasteiger partial charge is 0.254 e. The van der Waals surface area contributed by atoms with Crippen LogP contribution in [0.5, 0.6) is 5.75 Å². The largest absolute Gasteiger partial charge is 0.490 e. The van der Waals surface area contributed by atoms with E-state index in [1.807, 2.05) is 29.2 Å². The highest BCUT2D eigenvalue weighted by Crippen LogP contribution is 2.24. The summed E-state index contributed by atoms with van der Waals surface area (Å²) in [5.41, 5.74) is 6.40. The van der Waals surface area contributed by atoms with Crippen LogP contribution in [0.15, 0.2) is 36.9 Å². The van der Waals surface area contributed by atoms with E-state index < -0.39 is 0 Å². The van der Waals surface area contributed by atoms with Gasteiger partial charge in [0.1, 0.15) is 12.4 Å². The fourth-order valence-electron chi connectivity index (χ4n) is 2.61. The fourth-order valence-corrected chi connectivity index (χ4v) is 2.61. The first-order chi connectivity index (χ1) is 9.65. The van der Waals surface area contributed by atoms with Crippen molar-refractivity contribution in [1.82, 2.24) is 4.90 Å². The minimum Gasteiger partial charge on any atom is -0.490 e. The second-order valence-corrected chi connectivity index (χ2v) is 5.27. The lowest BCUT2D eigenvalue weighted by atomic mass is 10.1. The normalized spacial score (nSPS) is 20.8. The van der Waals surface area contributed by atoms with Crippen LogP contribution in [0.1, 0.15) is 23.7 Å². The van der Waals surface area contributed by atoms with Crippen LogP contribution in [-0.2, 0) is 0 Å². The van der Waals surface area contributed by atoms with Gasteiger partial charge >= 0.3 is 0 Å². The molecule has 1 fully saturated rings. The Labute approximate surface area is 132 Å². The van der Waals surface area contributed by atoms with Gasteiger partial charge in [-0.1, -0.05) is 12.7 Å². The standard InChI is InChI=1S/C16H22N2O2.ClH/c1-3-8-20-15-6-4-14(5-7-15)16(19)18-11-13(10-17)9-12(18)2;/h3-7,12-13H,1,8-11,17H2,2H3;1H. The molecule has 2 N–H and O–H groups in total. The Morgan fingerprint density at radius 3 is 2.67 bits per heavy atom. The number of carbonyl (C=O) groups is 1. The van der Waals surface area contributed by atoms with Crippen molar-refractivity contribution in [3.05, 3.63) is 42.5 Å². The summed E-state index contributed by atoms with van der Waals surface area (Å²) in [6, 6.07) is 7.51. The van der Waals surface area contributed by atoms with Gasteiger partial charge in [0.05, 0.1) is 0 Å². The molecule has 0 bridgehead atoms. The van der Waals surface area contributed by atoms with Crippen LogP contribution in [-0.4, -0.2) is 36.5 Å². The number of benzene rings is 1. The van der Waals surface area contributed by atoms with Crippen LogP contribution in [0.25, 0.3) is 0 Å². The van der Waals surface area contributed by atoms with Crippen LogP contribution in [0.4, 0.5) is 0 Å². The second kappa shape index (κ2) is 8.05. The summed E-state index contributed by atoms with van der Waals surface area (Å²) in [7, 11) is 0. The summed E-state index contributed by atoms with van der Waals surface area (Å²) >= 11 is 0. The van der Waals surface area contributed by atoms with E-state index in [1.54, 1.807) is 6.08 Å². The number of hydrogen-bond donors (Lipinski definition) is 1. The van der Waals surface area contributed by atoms with Gasteiger partial charge in [0.25, 0.3) is 5.91 Å². The molecule has 2 atom stereocenters. The van der Waals surface area contributed by atoms with Crippen molar-refractivity contribution >= 4 is 18.3 Å². The molecule has 1 amide bonds. The van der Waals surface area contributed by atoms with Gasteiger partial charge in [0.15, 0.2) is 0 Å². The van der Waals surface area contributed by atoms with Gasteiger partial charge < -0.3 is 15.4 Å². The van der Waals surface area contributed by atoms with Gasteiger partial charge in [0.2, 0.25) is 0 Å². The monoisotopic (exact) mass is 310 g/mol. The summed E-state index contributed by atoms with van der Waals surface area (Å²) in [4.78, 5) is 14.4. The highest BCUT2D eigenvalue weighted by atomic mass is 35.5. The van der Waals surface area contributed by atoms with Gasteiger partial charge in [-0.05, 0) is 50.1 Å².